The average Bonchev–Trinajstić information content (AvgIpc) is 3.37. The van der Waals surface area contributed by atoms with Gasteiger partial charge < -0.3 is 19.5 Å². The Hall–Kier alpha value is -1.70. The Morgan fingerprint density at radius 1 is 1.10 bits per heavy atom. The van der Waals surface area contributed by atoms with E-state index in [-0.39, 0.29) is 11.4 Å². The Kier molecular flexibility index (Phi) is 5.00. The van der Waals surface area contributed by atoms with Gasteiger partial charge in [-0.1, -0.05) is 6.07 Å². The van der Waals surface area contributed by atoms with Crippen LogP contribution in [-0.2, 0) is 9.47 Å². The Labute approximate surface area is 170 Å². The van der Waals surface area contributed by atoms with Crippen molar-refractivity contribution < 1.29 is 23.8 Å². The van der Waals surface area contributed by atoms with Gasteiger partial charge in [0.1, 0.15) is 11.4 Å². The lowest BCUT2D eigenvalue weighted by molar-refractivity contribution is -0.0982. The second-order valence-corrected chi connectivity index (χ2v) is 9.13. The Morgan fingerprint density at radius 2 is 1.90 bits per heavy atom. The van der Waals surface area contributed by atoms with Gasteiger partial charge in [-0.2, -0.15) is 0 Å². The molecule has 1 unspecified atom stereocenters. The highest BCUT2D eigenvalue weighted by molar-refractivity contribution is 5.66. The first-order valence-electron chi connectivity index (χ1n) is 10.8. The molecule has 1 amide bonds. The molecule has 2 atom stereocenters. The molecule has 4 fully saturated rings. The number of hydrogen-bond donors (Lipinski definition) is 1. The quantitative estimate of drug-likeness (QED) is 0.839. The van der Waals surface area contributed by atoms with Crippen molar-refractivity contribution in [3.63, 3.8) is 0 Å². The number of ether oxygens (including phenoxy) is 2. The summed E-state index contributed by atoms with van der Waals surface area (Å²) in [6, 6.07) is 5.66. The molecule has 1 N–H and O–H groups in total. The van der Waals surface area contributed by atoms with E-state index in [1.165, 1.54) is 16.0 Å². The number of piperidine rings is 1. The summed E-state index contributed by atoms with van der Waals surface area (Å²) in [5.41, 5.74) is 2.18. The molecule has 4 aliphatic heterocycles. The van der Waals surface area contributed by atoms with E-state index in [1.807, 2.05) is 6.07 Å². The number of rotatable bonds is 3. The molecule has 0 saturated carbocycles. The van der Waals surface area contributed by atoms with Crippen molar-refractivity contribution in [2.75, 3.05) is 46.0 Å². The number of amides is 1. The van der Waals surface area contributed by atoms with Crippen molar-refractivity contribution in [3.05, 3.63) is 35.1 Å². The van der Waals surface area contributed by atoms with Gasteiger partial charge in [0.05, 0.1) is 26.3 Å². The molecule has 0 radical (unpaired) electrons. The third kappa shape index (κ3) is 3.64. The summed E-state index contributed by atoms with van der Waals surface area (Å²) in [7, 11) is 0. The van der Waals surface area contributed by atoms with Gasteiger partial charge in [0.15, 0.2) is 0 Å². The molecule has 0 bridgehead atoms. The summed E-state index contributed by atoms with van der Waals surface area (Å²) < 4.78 is 25.6. The van der Waals surface area contributed by atoms with Crippen LogP contribution in [0.5, 0.6) is 0 Å². The molecule has 4 saturated heterocycles. The summed E-state index contributed by atoms with van der Waals surface area (Å²) in [6.07, 6.45) is 3.11. The molecule has 4 heterocycles. The van der Waals surface area contributed by atoms with E-state index in [0.29, 0.717) is 37.6 Å². The van der Waals surface area contributed by atoms with Crippen molar-refractivity contribution >= 4 is 6.09 Å². The Bertz CT molecular complexity index is 768. The molecule has 1 aromatic carbocycles. The molecule has 0 aromatic heterocycles. The van der Waals surface area contributed by atoms with Crippen LogP contribution in [0.3, 0.4) is 0 Å². The Morgan fingerprint density at radius 3 is 2.59 bits per heavy atom. The summed E-state index contributed by atoms with van der Waals surface area (Å²) >= 11 is 0. The van der Waals surface area contributed by atoms with E-state index in [1.54, 1.807) is 12.1 Å². The fraction of sp³-hybridized carbons (Fsp3) is 0.682. The maximum Gasteiger partial charge on any atom is 0.407 e. The number of halogens is 1. The highest BCUT2D eigenvalue weighted by Crippen LogP contribution is 2.40. The highest BCUT2D eigenvalue weighted by atomic mass is 19.1. The minimum atomic E-state index is -0.859. The van der Waals surface area contributed by atoms with Crippen LogP contribution < -0.4 is 0 Å². The standard InChI is InChI=1S/C22H29FN2O4/c23-17-1-2-19(16-5-8-28-11-16)20(9-17)15-3-6-24(7-4-15)18-10-22(29-12-18)13-25(14-22)21(26)27/h1-2,9,15-16,18H,3-8,10-14H2,(H,26,27)/t16?,18-/m0/s1. The molecule has 4 aliphatic rings. The maximum atomic E-state index is 14.0. The lowest BCUT2D eigenvalue weighted by Crippen LogP contribution is -2.63. The summed E-state index contributed by atoms with van der Waals surface area (Å²) in [5.74, 6) is 0.631. The molecular weight excluding hydrogens is 375 g/mol. The first-order chi connectivity index (χ1) is 14.0. The van der Waals surface area contributed by atoms with Crippen molar-refractivity contribution in [3.8, 4) is 0 Å². The molecule has 158 valence electrons. The van der Waals surface area contributed by atoms with Crippen molar-refractivity contribution in [2.24, 2.45) is 0 Å². The monoisotopic (exact) mass is 404 g/mol. The van der Waals surface area contributed by atoms with Crippen molar-refractivity contribution in [2.45, 2.75) is 49.2 Å². The van der Waals surface area contributed by atoms with E-state index < -0.39 is 6.09 Å². The molecule has 7 heteroatoms. The molecular formula is C22H29FN2O4. The summed E-state index contributed by atoms with van der Waals surface area (Å²) in [5, 5.41) is 9.07. The molecule has 29 heavy (non-hydrogen) atoms. The highest BCUT2D eigenvalue weighted by Gasteiger charge is 2.52. The van der Waals surface area contributed by atoms with Gasteiger partial charge >= 0.3 is 6.09 Å². The second kappa shape index (κ2) is 7.52. The van der Waals surface area contributed by atoms with E-state index in [2.05, 4.69) is 4.90 Å². The van der Waals surface area contributed by atoms with Crippen LogP contribution >= 0.6 is 0 Å². The zero-order chi connectivity index (χ0) is 20.0. The third-order valence-electron chi connectivity index (χ3n) is 7.32. The van der Waals surface area contributed by atoms with Gasteiger partial charge in [-0.15, -0.1) is 0 Å². The largest absolute Gasteiger partial charge is 0.465 e. The number of carboxylic acid groups (broad SMARTS) is 1. The number of benzene rings is 1. The first-order valence-corrected chi connectivity index (χ1v) is 10.8. The SMILES string of the molecule is O=C(O)N1CC2(C[C@H](N3CCC(c4cc(F)ccc4C4CCOC4)CC3)CO2)C1. The fourth-order valence-corrected chi connectivity index (χ4v) is 5.69. The zero-order valence-electron chi connectivity index (χ0n) is 16.7. The van der Waals surface area contributed by atoms with Crippen LogP contribution in [0, 0.1) is 5.82 Å². The smallest absolute Gasteiger partial charge is 0.407 e. The van der Waals surface area contributed by atoms with Crippen LogP contribution in [-0.4, -0.2) is 78.6 Å². The van der Waals surface area contributed by atoms with E-state index >= 15 is 0 Å². The van der Waals surface area contributed by atoms with Crippen molar-refractivity contribution in [1.82, 2.24) is 9.80 Å². The van der Waals surface area contributed by atoms with Crippen LogP contribution in [0.15, 0.2) is 18.2 Å². The number of carbonyl (C=O) groups is 1. The zero-order valence-corrected chi connectivity index (χ0v) is 16.7. The van der Waals surface area contributed by atoms with Gasteiger partial charge in [0.2, 0.25) is 0 Å². The molecule has 1 spiro atoms. The lowest BCUT2D eigenvalue weighted by Gasteiger charge is -2.45. The van der Waals surface area contributed by atoms with E-state index in [9.17, 15) is 9.18 Å². The minimum Gasteiger partial charge on any atom is -0.465 e. The van der Waals surface area contributed by atoms with E-state index in [4.69, 9.17) is 14.6 Å². The third-order valence-corrected chi connectivity index (χ3v) is 7.32. The average molecular weight is 404 g/mol. The number of nitrogens with zero attached hydrogens (tertiary/aromatic N) is 2. The number of hydrogen-bond acceptors (Lipinski definition) is 4. The van der Waals surface area contributed by atoms with Gasteiger partial charge in [-0.25, -0.2) is 9.18 Å². The lowest BCUT2D eigenvalue weighted by atomic mass is 9.81. The normalized spacial score (nSPS) is 30.0. The van der Waals surface area contributed by atoms with Gasteiger partial charge in [0, 0.05) is 18.6 Å². The molecule has 0 aliphatic carbocycles. The minimum absolute atomic E-state index is 0.149. The molecule has 1 aromatic rings. The predicted molar refractivity (Wildman–Crippen MR) is 105 cm³/mol. The van der Waals surface area contributed by atoms with E-state index in [0.717, 1.165) is 52.0 Å². The summed E-state index contributed by atoms with van der Waals surface area (Å²) in [4.78, 5) is 15.0. The van der Waals surface area contributed by atoms with Crippen LogP contribution in [0.2, 0.25) is 0 Å². The predicted octanol–water partition coefficient (Wildman–Crippen LogP) is 3.03. The van der Waals surface area contributed by atoms with Crippen LogP contribution in [0.25, 0.3) is 0 Å². The summed E-state index contributed by atoms with van der Waals surface area (Å²) in [6.45, 7) is 5.16. The van der Waals surface area contributed by atoms with Crippen LogP contribution in [0.4, 0.5) is 9.18 Å². The second-order valence-electron chi connectivity index (χ2n) is 9.13. The van der Waals surface area contributed by atoms with Crippen LogP contribution in [0.1, 0.15) is 48.6 Å². The first kappa shape index (κ1) is 19.3. The van der Waals surface area contributed by atoms with Crippen molar-refractivity contribution in [1.29, 1.82) is 0 Å². The van der Waals surface area contributed by atoms with Gasteiger partial charge in [-0.3, -0.25) is 4.90 Å². The molecule has 6 nitrogen and oxygen atoms in total. The molecule has 5 rings (SSSR count). The fourth-order valence-electron chi connectivity index (χ4n) is 5.69. The number of likely N-dealkylation sites (tertiary alicyclic amines) is 2. The topological polar surface area (TPSA) is 62.2 Å². The van der Waals surface area contributed by atoms with Gasteiger partial charge in [-0.05, 0) is 68.0 Å². The maximum absolute atomic E-state index is 14.0. The Balaban J connectivity index is 1.21. The van der Waals surface area contributed by atoms with Gasteiger partial charge in [0.25, 0.3) is 0 Å².